The fourth-order valence-electron chi connectivity index (χ4n) is 2.46. The van der Waals surface area contributed by atoms with E-state index in [0.29, 0.717) is 24.2 Å². The maximum absolute atomic E-state index is 12.6. The molecule has 0 saturated carbocycles. The number of piperazine rings is 1. The predicted molar refractivity (Wildman–Crippen MR) is 89.7 cm³/mol. The molecule has 1 fully saturated rings. The molecule has 1 aromatic rings. The molecule has 0 spiro atoms. The minimum Gasteiger partial charge on any atom is -0.342 e. The average Bonchev–Trinajstić information content (AvgIpc) is 2.53. The van der Waals surface area contributed by atoms with Crippen molar-refractivity contribution in [3.05, 3.63) is 35.4 Å². The molecule has 2 amide bonds. The van der Waals surface area contributed by atoms with Gasteiger partial charge in [-0.15, -0.1) is 12.4 Å². The van der Waals surface area contributed by atoms with Crippen LogP contribution in [-0.2, 0) is 0 Å². The van der Waals surface area contributed by atoms with Crippen molar-refractivity contribution in [3.63, 3.8) is 0 Å². The summed E-state index contributed by atoms with van der Waals surface area (Å²) in [7, 11) is 1.76. The van der Waals surface area contributed by atoms with Gasteiger partial charge in [-0.05, 0) is 32.0 Å². The Morgan fingerprint density at radius 2 is 2.05 bits per heavy atom. The third-order valence-corrected chi connectivity index (χ3v) is 3.94. The second kappa shape index (κ2) is 8.15. The van der Waals surface area contributed by atoms with Crippen molar-refractivity contribution in [1.29, 1.82) is 0 Å². The van der Waals surface area contributed by atoms with Crippen molar-refractivity contribution in [2.24, 2.45) is 0 Å². The lowest BCUT2D eigenvalue weighted by Crippen LogP contribution is -2.52. The fraction of sp³-hybridized carbons (Fsp3) is 0.500. The van der Waals surface area contributed by atoms with Crippen molar-refractivity contribution in [1.82, 2.24) is 15.1 Å². The number of hydrogen-bond acceptors (Lipinski definition) is 3. The summed E-state index contributed by atoms with van der Waals surface area (Å²) >= 11 is 0. The normalized spacial score (nSPS) is 17.6. The van der Waals surface area contributed by atoms with Crippen LogP contribution >= 0.6 is 12.4 Å². The Hall–Kier alpha value is -1.59. The lowest BCUT2D eigenvalue weighted by Gasteiger charge is -2.34. The van der Waals surface area contributed by atoms with Gasteiger partial charge in [0.2, 0.25) is 0 Å². The first-order valence-corrected chi connectivity index (χ1v) is 7.41. The van der Waals surface area contributed by atoms with Crippen LogP contribution in [0, 0.1) is 0 Å². The maximum atomic E-state index is 12.6. The summed E-state index contributed by atoms with van der Waals surface area (Å²) in [6.45, 7) is 6.92. The van der Waals surface area contributed by atoms with E-state index >= 15 is 0 Å². The van der Waals surface area contributed by atoms with Crippen LogP contribution in [0.3, 0.4) is 0 Å². The Morgan fingerprint density at radius 1 is 1.36 bits per heavy atom. The van der Waals surface area contributed by atoms with Crippen molar-refractivity contribution in [2.45, 2.75) is 19.9 Å². The molecule has 1 atom stereocenters. The van der Waals surface area contributed by atoms with E-state index in [-0.39, 0.29) is 30.3 Å². The molecule has 1 aliphatic rings. The first kappa shape index (κ1) is 18.5. The van der Waals surface area contributed by atoms with E-state index in [1.807, 2.05) is 18.7 Å². The van der Waals surface area contributed by atoms with Gasteiger partial charge in [-0.2, -0.15) is 0 Å². The predicted octanol–water partition coefficient (Wildman–Crippen LogP) is 1.63. The fourth-order valence-corrected chi connectivity index (χ4v) is 2.46. The molecule has 1 aromatic carbocycles. The van der Waals surface area contributed by atoms with Gasteiger partial charge in [0.05, 0.1) is 0 Å². The van der Waals surface area contributed by atoms with Crippen LogP contribution in [0.1, 0.15) is 34.6 Å². The monoisotopic (exact) mass is 325 g/mol. The molecule has 122 valence electrons. The molecule has 0 bridgehead atoms. The first-order chi connectivity index (χ1) is 10.0. The van der Waals surface area contributed by atoms with Crippen molar-refractivity contribution in [2.75, 3.05) is 33.2 Å². The molecule has 0 radical (unpaired) electrons. The van der Waals surface area contributed by atoms with Gasteiger partial charge in [0.25, 0.3) is 11.8 Å². The van der Waals surface area contributed by atoms with Gasteiger partial charge < -0.3 is 15.1 Å². The number of rotatable bonds is 3. The summed E-state index contributed by atoms with van der Waals surface area (Å²) in [5.41, 5.74) is 1.15. The van der Waals surface area contributed by atoms with Gasteiger partial charge in [0.1, 0.15) is 0 Å². The molecule has 22 heavy (non-hydrogen) atoms. The Morgan fingerprint density at radius 3 is 2.68 bits per heavy atom. The smallest absolute Gasteiger partial charge is 0.254 e. The molecule has 1 saturated heterocycles. The van der Waals surface area contributed by atoms with Gasteiger partial charge >= 0.3 is 0 Å². The molecule has 0 aromatic heterocycles. The summed E-state index contributed by atoms with van der Waals surface area (Å²) in [5.74, 6) is -0.0571. The number of nitrogens with one attached hydrogen (secondary N) is 1. The zero-order chi connectivity index (χ0) is 15.4. The van der Waals surface area contributed by atoms with Crippen LogP contribution in [0.25, 0.3) is 0 Å². The van der Waals surface area contributed by atoms with Crippen molar-refractivity contribution >= 4 is 24.2 Å². The van der Waals surface area contributed by atoms with Gasteiger partial charge in [-0.3, -0.25) is 9.59 Å². The van der Waals surface area contributed by atoms with Crippen LogP contribution in [0.4, 0.5) is 0 Å². The topological polar surface area (TPSA) is 52.7 Å². The molecule has 0 unspecified atom stereocenters. The van der Waals surface area contributed by atoms with Gasteiger partial charge in [-0.1, -0.05) is 6.07 Å². The molecule has 1 heterocycles. The quantitative estimate of drug-likeness (QED) is 0.919. The first-order valence-electron chi connectivity index (χ1n) is 7.41. The standard InChI is InChI=1S/C16H23N3O2.ClH/c1-4-18(3)15(20)13-6-5-7-14(10-13)16(21)19-9-8-17-11-12(19)2;/h5-7,10,12,17H,4,8-9,11H2,1-3H3;1H/t12-;/m0./s1. The van der Waals surface area contributed by atoms with Gasteiger partial charge in [0.15, 0.2) is 0 Å². The molecular formula is C16H24ClN3O2. The average molecular weight is 326 g/mol. The largest absolute Gasteiger partial charge is 0.342 e. The van der Waals surface area contributed by atoms with Crippen LogP contribution in [0.15, 0.2) is 24.3 Å². The minimum absolute atomic E-state index is 0. The van der Waals surface area contributed by atoms with Crippen LogP contribution in [0.5, 0.6) is 0 Å². The van der Waals surface area contributed by atoms with E-state index in [9.17, 15) is 9.59 Å². The number of benzene rings is 1. The molecule has 0 aliphatic carbocycles. The van der Waals surface area contributed by atoms with E-state index < -0.39 is 0 Å². The Kier molecular flexibility index (Phi) is 6.84. The second-order valence-electron chi connectivity index (χ2n) is 5.45. The summed E-state index contributed by atoms with van der Waals surface area (Å²) in [4.78, 5) is 28.3. The highest BCUT2D eigenvalue weighted by Crippen LogP contribution is 2.13. The molecule has 1 aliphatic heterocycles. The SMILES string of the molecule is CCN(C)C(=O)c1cccc(C(=O)N2CCNC[C@@H]2C)c1.Cl. The highest BCUT2D eigenvalue weighted by Gasteiger charge is 2.24. The number of nitrogens with zero attached hydrogens (tertiary/aromatic N) is 2. The molecule has 2 rings (SSSR count). The molecule has 5 nitrogen and oxygen atoms in total. The maximum Gasteiger partial charge on any atom is 0.254 e. The van der Waals surface area contributed by atoms with Crippen LogP contribution in [0.2, 0.25) is 0 Å². The van der Waals surface area contributed by atoms with E-state index in [4.69, 9.17) is 0 Å². The lowest BCUT2D eigenvalue weighted by atomic mass is 10.1. The van der Waals surface area contributed by atoms with Crippen molar-refractivity contribution < 1.29 is 9.59 Å². The lowest BCUT2D eigenvalue weighted by molar-refractivity contribution is 0.0655. The van der Waals surface area contributed by atoms with Gasteiger partial charge in [0, 0.05) is 50.4 Å². The zero-order valence-corrected chi connectivity index (χ0v) is 14.2. The second-order valence-corrected chi connectivity index (χ2v) is 5.45. The minimum atomic E-state index is -0.0551. The Labute approximate surface area is 138 Å². The molecular weight excluding hydrogens is 302 g/mol. The van der Waals surface area contributed by atoms with E-state index in [2.05, 4.69) is 5.32 Å². The number of halogens is 1. The third-order valence-electron chi connectivity index (χ3n) is 3.94. The van der Waals surface area contributed by atoms with Crippen molar-refractivity contribution in [3.8, 4) is 0 Å². The van der Waals surface area contributed by atoms with E-state index in [0.717, 1.165) is 13.1 Å². The van der Waals surface area contributed by atoms with Gasteiger partial charge in [-0.25, -0.2) is 0 Å². The highest BCUT2D eigenvalue weighted by atomic mass is 35.5. The Balaban J connectivity index is 0.00000242. The highest BCUT2D eigenvalue weighted by molar-refractivity contribution is 5.99. The summed E-state index contributed by atoms with van der Waals surface area (Å²) in [6.07, 6.45) is 0. The number of carbonyl (C=O) groups excluding carboxylic acids is 2. The number of hydrogen-bond donors (Lipinski definition) is 1. The summed E-state index contributed by atoms with van der Waals surface area (Å²) in [5, 5.41) is 3.27. The van der Waals surface area contributed by atoms with Crippen LogP contribution < -0.4 is 5.32 Å². The third kappa shape index (κ3) is 3.99. The molecule has 6 heteroatoms. The van der Waals surface area contributed by atoms with E-state index in [1.165, 1.54) is 0 Å². The Bertz CT molecular complexity index is 536. The van der Waals surface area contributed by atoms with E-state index in [1.54, 1.807) is 36.2 Å². The summed E-state index contributed by atoms with van der Waals surface area (Å²) in [6, 6.07) is 7.18. The number of carbonyl (C=O) groups is 2. The number of amides is 2. The molecule has 1 N–H and O–H groups in total. The zero-order valence-electron chi connectivity index (χ0n) is 13.3. The summed E-state index contributed by atoms with van der Waals surface area (Å²) < 4.78 is 0. The van der Waals surface area contributed by atoms with Crippen LogP contribution in [-0.4, -0.2) is 60.9 Å².